The molecular formula is C12H12FN3O. The minimum atomic E-state index is -0.362. The van der Waals surface area contributed by atoms with E-state index in [-0.39, 0.29) is 11.8 Å². The molecule has 0 aliphatic rings. The Balaban J connectivity index is 2.31. The minimum absolute atomic E-state index is 0.254. The number of rotatable bonds is 2. The zero-order valence-corrected chi connectivity index (χ0v) is 9.38. The molecule has 0 N–H and O–H groups in total. The van der Waals surface area contributed by atoms with Crippen LogP contribution in [-0.4, -0.2) is 22.1 Å². The fraction of sp³-hybridized carbons (Fsp3) is 0.167. The molecule has 88 valence electrons. The first kappa shape index (κ1) is 11.3. The van der Waals surface area contributed by atoms with Crippen LogP contribution in [0.5, 0.6) is 0 Å². The van der Waals surface area contributed by atoms with E-state index in [0.29, 0.717) is 12.2 Å². The van der Waals surface area contributed by atoms with Gasteiger partial charge in [0.1, 0.15) is 12.1 Å². The van der Waals surface area contributed by atoms with E-state index in [2.05, 4.69) is 4.98 Å². The van der Waals surface area contributed by atoms with Gasteiger partial charge < -0.3 is 0 Å². The van der Waals surface area contributed by atoms with Crippen LogP contribution in [-0.2, 0) is 0 Å². The lowest BCUT2D eigenvalue weighted by atomic mass is 10.3. The van der Waals surface area contributed by atoms with Crippen molar-refractivity contribution in [3.05, 3.63) is 48.8 Å². The zero-order valence-electron chi connectivity index (χ0n) is 9.38. The highest BCUT2D eigenvalue weighted by Crippen LogP contribution is 2.16. The molecule has 1 heterocycles. The molecule has 4 nitrogen and oxygen atoms in total. The third-order valence-electron chi connectivity index (χ3n) is 2.39. The number of aromatic nitrogens is 2. The number of carbonyl (C=O) groups excluding carboxylic acids is 1. The van der Waals surface area contributed by atoms with Gasteiger partial charge in [-0.1, -0.05) is 6.07 Å². The van der Waals surface area contributed by atoms with Crippen LogP contribution in [0.3, 0.4) is 0 Å². The lowest BCUT2D eigenvalue weighted by Gasteiger charge is -2.20. The van der Waals surface area contributed by atoms with E-state index in [4.69, 9.17) is 0 Å². The summed E-state index contributed by atoms with van der Waals surface area (Å²) < 4.78 is 14.5. The number of hydrogen-bond acceptors (Lipinski definition) is 2. The van der Waals surface area contributed by atoms with Crippen LogP contribution in [0, 0.1) is 5.82 Å². The quantitative estimate of drug-likeness (QED) is 0.799. The summed E-state index contributed by atoms with van der Waals surface area (Å²) in [6.07, 6.45) is 4.51. The highest BCUT2D eigenvalue weighted by Gasteiger charge is 2.15. The molecule has 2 rings (SSSR count). The largest absolute Gasteiger partial charge is 0.333 e. The van der Waals surface area contributed by atoms with Gasteiger partial charge >= 0.3 is 6.03 Å². The fourth-order valence-electron chi connectivity index (χ4n) is 1.58. The SMILES string of the molecule is CCN(C(=O)n1ccnc1)c1cccc(F)c1. The first-order valence-electron chi connectivity index (χ1n) is 5.27. The second-order valence-electron chi connectivity index (χ2n) is 3.48. The summed E-state index contributed by atoms with van der Waals surface area (Å²) in [5, 5.41) is 0. The molecule has 0 atom stereocenters. The highest BCUT2D eigenvalue weighted by atomic mass is 19.1. The van der Waals surface area contributed by atoms with Gasteiger partial charge in [0.15, 0.2) is 0 Å². The number of amides is 1. The second-order valence-corrected chi connectivity index (χ2v) is 3.48. The molecule has 5 heteroatoms. The van der Waals surface area contributed by atoms with Crippen molar-refractivity contribution in [3.8, 4) is 0 Å². The van der Waals surface area contributed by atoms with Gasteiger partial charge in [0.2, 0.25) is 0 Å². The average molecular weight is 233 g/mol. The van der Waals surface area contributed by atoms with Gasteiger partial charge in [0.25, 0.3) is 0 Å². The molecule has 0 aliphatic carbocycles. The molecule has 0 radical (unpaired) electrons. The molecule has 0 saturated carbocycles. The predicted octanol–water partition coefficient (Wildman–Crippen LogP) is 2.52. The Labute approximate surface area is 98.3 Å². The lowest BCUT2D eigenvalue weighted by Crippen LogP contribution is -2.33. The van der Waals surface area contributed by atoms with Crippen LogP contribution in [0.2, 0.25) is 0 Å². The molecule has 1 aromatic carbocycles. The van der Waals surface area contributed by atoms with Crippen molar-refractivity contribution in [1.29, 1.82) is 0 Å². The third-order valence-corrected chi connectivity index (χ3v) is 2.39. The van der Waals surface area contributed by atoms with Gasteiger partial charge in [-0.15, -0.1) is 0 Å². The Bertz CT molecular complexity index is 510. The molecule has 1 amide bonds. The maximum Gasteiger partial charge on any atom is 0.333 e. The fourth-order valence-corrected chi connectivity index (χ4v) is 1.58. The summed E-state index contributed by atoms with van der Waals surface area (Å²) in [7, 11) is 0. The maximum atomic E-state index is 13.1. The number of imidazole rings is 1. The molecule has 1 aromatic heterocycles. The number of nitrogens with zero attached hydrogens (tertiary/aromatic N) is 3. The number of benzene rings is 1. The summed E-state index contributed by atoms with van der Waals surface area (Å²) in [6, 6.07) is 5.70. The van der Waals surface area contributed by atoms with Crippen molar-refractivity contribution in [2.24, 2.45) is 0 Å². The monoisotopic (exact) mass is 233 g/mol. The van der Waals surface area contributed by atoms with Gasteiger partial charge in [-0.05, 0) is 25.1 Å². The number of carbonyl (C=O) groups is 1. The van der Waals surface area contributed by atoms with Gasteiger partial charge in [-0.2, -0.15) is 0 Å². The first-order chi connectivity index (χ1) is 8.22. The standard InChI is InChI=1S/C12H12FN3O/c1-2-16(11-5-3-4-10(13)8-11)12(17)15-7-6-14-9-15/h3-9H,2H2,1H3. The Morgan fingerprint density at radius 3 is 2.94 bits per heavy atom. The summed E-state index contributed by atoms with van der Waals surface area (Å²) in [5.74, 6) is -0.362. The zero-order chi connectivity index (χ0) is 12.3. The van der Waals surface area contributed by atoms with Crippen LogP contribution < -0.4 is 4.90 Å². The molecule has 0 saturated heterocycles. The second kappa shape index (κ2) is 4.78. The van der Waals surface area contributed by atoms with Gasteiger partial charge in [-0.25, -0.2) is 14.2 Å². The van der Waals surface area contributed by atoms with Crippen LogP contribution in [0.4, 0.5) is 14.9 Å². The number of hydrogen-bond donors (Lipinski definition) is 0. The third kappa shape index (κ3) is 2.33. The molecule has 2 aromatic rings. The van der Waals surface area contributed by atoms with Crippen LogP contribution in [0.25, 0.3) is 0 Å². The van der Waals surface area contributed by atoms with E-state index < -0.39 is 0 Å². The maximum absolute atomic E-state index is 13.1. The molecule has 0 aliphatic heterocycles. The highest BCUT2D eigenvalue weighted by molar-refractivity contribution is 5.93. The van der Waals surface area contributed by atoms with Gasteiger partial charge in [0, 0.05) is 24.6 Å². The van der Waals surface area contributed by atoms with Crippen molar-refractivity contribution < 1.29 is 9.18 Å². The van der Waals surface area contributed by atoms with Crippen molar-refractivity contribution in [1.82, 2.24) is 9.55 Å². The van der Waals surface area contributed by atoms with Crippen molar-refractivity contribution >= 4 is 11.7 Å². The average Bonchev–Trinajstić information content (AvgIpc) is 2.83. The molecule has 0 spiro atoms. The smallest absolute Gasteiger partial charge is 0.294 e. The first-order valence-corrected chi connectivity index (χ1v) is 5.27. The molecular weight excluding hydrogens is 221 g/mol. The topological polar surface area (TPSA) is 38.1 Å². The Morgan fingerprint density at radius 1 is 1.53 bits per heavy atom. The van der Waals surface area contributed by atoms with Crippen molar-refractivity contribution in [2.75, 3.05) is 11.4 Å². The van der Waals surface area contributed by atoms with Crippen LogP contribution >= 0.6 is 0 Å². The molecule has 0 fully saturated rings. The number of anilines is 1. The van der Waals surface area contributed by atoms with E-state index in [9.17, 15) is 9.18 Å². The number of halogens is 1. The summed E-state index contributed by atoms with van der Waals surface area (Å²) >= 11 is 0. The van der Waals surface area contributed by atoms with E-state index in [0.717, 1.165) is 0 Å². The normalized spacial score (nSPS) is 10.2. The Kier molecular flexibility index (Phi) is 3.18. The summed E-state index contributed by atoms with van der Waals surface area (Å²) in [6.45, 7) is 2.29. The van der Waals surface area contributed by atoms with Gasteiger partial charge in [0.05, 0.1) is 0 Å². The Morgan fingerprint density at radius 2 is 2.35 bits per heavy atom. The van der Waals surface area contributed by atoms with Crippen LogP contribution in [0.15, 0.2) is 43.0 Å². The van der Waals surface area contributed by atoms with Crippen molar-refractivity contribution in [3.63, 3.8) is 0 Å². The van der Waals surface area contributed by atoms with Gasteiger partial charge in [-0.3, -0.25) is 9.47 Å². The molecule has 0 unspecified atom stereocenters. The van der Waals surface area contributed by atoms with Crippen molar-refractivity contribution in [2.45, 2.75) is 6.92 Å². The van der Waals surface area contributed by atoms with E-state index in [1.54, 1.807) is 18.3 Å². The van der Waals surface area contributed by atoms with E-state index in [1.165, 1.54) is 34.1 Å². The molecule has 0 bridgehead atoms. The van der Waals surface area contributed by atoms with Crippen LogP contribution in [0.1, 0.15) is 6.92 Å². The molecule has 17 heavy (non-hydrogen) atoms. The summed E-state index contributed by atoms with van der Waals surface area (Å²) in [4.78, 5) is 17.4. The van der Waals surface area contributed by atoms with E-state index >= 15 is 0 Å². The Hall–Kier alpha value is -2.17. The van der Waals surface area contributed by atoms with E-state index in [1.807, 2.05) is 6.92 Å². The minimum Gasteiger partial charge on any atom is -0.294 e. The summed E-state index contributed by atoms with van der Waals surface area (Å²) in [5.41, 5.74) is 0.534. The lowest BCUT2D eigenvalue weighted by molar-refractivity contribution is 0.248. The predicted molar refractivity (Wildman–Crippen MR) is 62.4 cm³/mol.